The molecule has 1 heterocycles. The molecule has 0 radical (unpaired) electrons. The van der Waals surface area contributed by atoms with Crippen LogP contribution in [0.25, 0.3) is 0 Å². The van der Waals surface area contributed by atoms with Gasteiger partial charge in [0.15, 0.2) is 18.3 Å². The maximum absolute atomic E-state index is 11.6. The van der Waals surface area contributed by atoms with Crippen molar-refractivity contribution in [3.8, 4) is 0 Å². The Labute approximate surface area is 106 Å². The average Bonchev–Trinajstić information content (AvgIpc) is 2.67. The largest absolute Gasteiger partial charge is 0.443 e. The van der Waals surface area contributed by atoms with Crippen LogP contribution in [0.5, 0.6) is 0 Å². The molecule has 0 amide bonds. The zero-order chi connectivity index (χ0) is 13.9. The highest BCUT2D eigenvalue weighted by Crippen LogP contribution is 2.16. The smallest absolute Gasteiger partial charge is 0.312 e. The topological polar surface area (TPSA) is 81.4 Å². The molecule has 0 aromatic carbocycles. The Morgan fingerprint density at radius 1 is 1.44 bits per heavy atom. The van der Waals surface area contributed by atoms with Crippen LogP contribution in [0.1, 0.15) is 44.0 Å². The lowest BCUT2D eigenvalue weighted by Crippen LogP contribution is -2.25. The summed E-state index contributed by atoms with van der Waals surface area (Å²) in [6.07, 6.45) is 1.39. The molecule has 0 aliphatic carbocycles. The molecule has 0 saturated heterocycles. The van der Waals surface area contributed by atoms with Gasteiger partial charge in [-0.25, -0.2) is 4.98 Å². The molecule has 0 unspecified atom stereocenters. The summed E-state index contributed by atoms with van der Waals surface area (Å²) >= 11 is 0. The van der Waals surface area contributed by atoms with Crippen molar-refractivity contribution in [1.82, 2.24) is 9.55 Å². The van der Waals surface area contributed by atoms with Gasteiger partial charge in [-0.05, 0) is 20.8 Å². The highest BCUT2D eigenvalue weighted by molar-refractivity contribution is 5.90. The number of aliphatic hydroxyl groups excluding tert-OH is 1. The number of nitrogens with zero attached hydrogens (tertiary/aromatic N) is 2. The number of aliphatic hydroxyl groups is 1. The zero-order valence-electron chi connectivity index (χ0n) is 11.1. The fourth-order valence-corrected chi connectivity index (χ4v) is 1.30. The normalized spacial score (nSPS) is 11.4. The first-order valence-electron chi connectivity index (χ1n) is 5.60. The van der Waals surface area contributed by atoms with E-state index in [1.165, 1.54) is 17.7 Å². The van der Waals surface area contributed by atoms with Crippen LogP contribution >= 0.6 is 0 Å². The van der Waals surface area contributed by atoms with Crippen molar-refractivity contribution >= 4 is 11.8 Å². The lowest BCUT2D eigenvalue weighted by molar-refractivity contribution is -0.157. The minimum atomic E-state index is -0.615. The fourth-order valence-electron chi connectivity index (χ4n) is 1.30. The van der Waals surface area contributed by atoms with E-state index in [-0.39, 0.29) is 30.9 Å². The van der Waals surface area contributed by atoms with E-state index in [0.29, 0.717) is 5.69 Å². The van der Waals surface area contributed by atoms with Crippen LogP contribution in [0.3, 0.4) is 0 Å². The molecule has 1 rings (SSSR count). The van der Waals surface area contributed by atoms with Gasteiger partial charge < -0.3 is 9.84 Å². The van der Waals surface area contributed by atoms with Gasteiger partial charge in [-0.1, -0.05) is 0 Å². The maximum Gasteiger partial charge on any atom is 0.312 e. The summed E-state index contributed by atoms with van der Waals surface area (Å²) in [5.41, 5.74) is -0.182. The quantitative estimate of drug-likeness (QED) is 0.643. The highest BCUT2D eigenvalue weighted by Gasteiger charge is 2.24. The number of ether oxygens (including phenoxy) is 1. The minimum absolute atomic E-state index is 0.124. The average molecular weight is 254 g/mol. The Hall–Kier alpha value is -1.69. The number of aromatic nitrogens is 2. The van der Waals surface area contributed by atoms with Gasteiger partial charge in [0, 0.05) is 6.92 Å². The van der Waals surface area contributed by atoms with Crippen LogP contribution in [0.15, 0.2) is 6.20 Å². The van der Waals surface area contributed by atoms with E-state index in [2.05, 4.69) is 4.98 Å². The summed E-state index contributed by atoms with van der Waals surface area (Å²) in [5.74, 6) is -0.461. The van der Waals surface area contributed by atoms with E-state index < -0.39 is 5.41 Å². The standard InChI is InChI=1S/C12H18N2O4/c1-8(16)10-13-5-9(6-15)14(10)7-18-11(17)12(2,3)4/h5,15H,6-7H2,1-4H3. The van der Waals surface area contributed by atoms with Crippen molar-refractivity contribution in [2.24, 2.45) is 5.41 Å². The van der Waals surface area contributed by atoms with E-state index >= 15 is 0 Å². The minimum Gasteiger partial charge on any atom is -0.443 e. The van der Waals surface area contributed by atoms with Crippen LogP contribution < -0.4 is 0 Å². The summed E-state index contributed by atoms with van der Waals surface area (Å²) in [6, 6.07) is 0. The van der Waals surface area contributed by atoms with Crippen LogP contribution in [0.2, 0.25) is 0 Å². The van der Waals surface area contributed by atoms with E-state index in [0.717, 1.165) is 0 Å². The van der Waals surface area contributed by atoms with Gasteiger partial charge >= 0.3 is 5.97 Å². The number of hydrogen-bond donors (Lipinski definition) is 1. The van der Waals surface area contributed by atoms with Crippen molar-refractivity contribution in [1.29, 1.82) is 0 Å². The number of ketones is 1. The maximum atomic E-state index is 11.6. The Balaban J connectivity index is 2.87. The van der Waals surface area contributed by atoms with E-state index in [1.807, 2.05) is 0 Å². The molecule has 6 nitrogen and oxygen atoms in total. The van der Waals surface area contributed by atoms with Crippen LogP contribution in [-0.2, 0) is 22.9 Å². The number of imidazole rings is 1. The molecule has 0 atom stereocenters. The third-order valence-corrected chi connectivity index (χ3v) is 2.35. The van der Waals surface area contributed by atoms with E-state index in [4.69, 9.17) is 9.84 Å². The van der Waals surface area contributed by atoms with Crippen molar-refractivity contribution in [2.45, 2.75) is 41.0 Å². The van der Waals surface area contributed by atoms with Crippen molar-refractivity contribution in [3.05, 3.63) is 17.7 Å². The summed E-state index contributed by atoms with van der Waals surface area (Å²) < 4.78 is 6.50. The number of carbonyl (C=O) groups is 2. The predicted molar refractivity (Wildman–Crippen MR) is 63.7 cm³/mol. The predicted octanol–water partition coefficient (Wildman–Crippen LogP) is 1.12. The molecule has 0 aliphatic rings. The molecule has 0 bridgehead atoms. The first-order chi connectivity index (χ1) is 8.27. The Bertz CT molecular complexity index is 457. The first-order valence-corrected chi connectivity index (χ1v) is 5.60. The number of esters is 1. The first kappa shape index (κ1) is 14.4. The Morgan fingerprint density at radius 2 is 2.06 bits per heavy atom. The molecule has 1 N–H and O–H groups in total. The van der Waals surface area contributed by atoms with Crippen molar-refractivity contribution in [2.75, 3.05) is 0 Å². The van der Waals surface area contributed by atoms with Crippen molar-refractivity contribution < 1.29 is 19.4 Å². The van der Waals surface area contributed by atoms with Crippen LogP contribution in [-0.4, -0.2) is 26.4 Å². The van der Waals surface area contributed by atoms with Gasteiger partial charge in [0.1, 0.15) is 0 Å². The summed E-state index contributed by atoms with van der Waals surface area (Å²) in [6.45, 7) is 6.19. The molecular weight excluding hydrogens is 236 g/mol. The van der Waals surface area contributed by atoms with Gasteiger partial charge in [0.25, 0.3) is 0 Å². The fraction of sp³-hybridized carbons (Fsp3) is 0.583. The summed E-state index contributed by atoms with van der Waals surface area (Å²) in [7, 11) is 0. The van der Waals surface area contributed by atoms with Crippen LogP contribution in [0, 0.1) is 5.41 Å². The van der Waals surface area contributed by atoms with E-state index in [1.54, 1.807) is 20.8 Å². The molecule has 6 heteroatoms. The van der Waals surface area contributed by atoms with Crippen LogP contribution in [0.4, 0.5) is 0 Å². The van der Waals surface area contributed by atoms with Gasteiger partial charge in [0.05, 0.1) is 23.9 Å². The zero-order valence-corrected chi connectivity index (χ0v) is 11.1. The summed E-state index contributed by atoms with van der Waals surface area (Å²) in [4.78, 5) is 26.9. The Kier molecular flexibility index (Phi) is 4.24. The second-order valence-corrected chi connectivity index (χ2v) is 5.03. The number of carbonyl (C=O) groups excluding carboxylic acids is 2. The summed E-state index contributed by atoms with van der Waals surface area (Å²) in [5, 5.41) is 9.13. The molecule has 0 aliphatic heterocycles. The van der Waals surface area contributed by atoms with Crippen molar-refractivity contribution in [3.63, 3.8) is 0 Å². The molecular formula is C12H18N2O4. The molecule has 100 valence electrons. The monoisotopic (exact) mass is 254 g/mol. The molecule has 0 saturated carbocycles. The molecule has 1 aromatic rings. The number of hydrogen-bond acceptors (Lipinski definition) is 5. The van der Waals surface area contributed by atoms with Gasteiger partial charge in [-0.15, -0.1) is 0 Å². The lowest BCUT2D eigenvalue weighted by atomic mass is 9.98. The van der Waals surface area contributed by atoms with Gasteiger partial charge in [-0.3, -0.25) is 14.2 Å². The second-order valence-electron chi connectivity index (χ2n) is 5.03. The number of Topliss-reactive ketones (excluding diaryl/α,β-unsaturated/α-hetero) is 1. The third-order valence-electron chi connectivity index (χ3n) is 2.35. The van der Waals surface area contributed by atoms with Gasteiger partial charge in [0.2, 0.25) is 0 Å². The third kappa shape index (κ3) is 3.16. The lowest BCUT2D eigenvalue weighted by Gasteiger charge is -2.18. The molecule has 1 aromatic heterocycles. The SMILES string of the molecule is CC(=O)c1ncc(CO)n1COC(=O)C(C)(C)C. The molecule has 18 heavy (non-hydrogen) atoms. The van der Waals surface area contributed by atoms with E-state index in [9.17, 15) is 9.59 Å². The molecule has 0 fully saturated rings. The molecule has 0 spiro atoms. The van der Waals surface area contributed by atoms with Gasteiger partial charge in [-0.2, -0.15) is 0 Å². The highest BCUT2D eigenvalue weighted by atomic mass is 16.5. The Morgan fingerprint density at radius 3 is 2.50 bits per heavy atom. The second kappa shape index (κ2) is 5.30. The number of rotatable bonds is 4.